The zero-order chi connectivity index (χ0) is 12.4. The Bertz CT molecular complexity index is 559. The van der Waals surface area contributed by atoms with Gasteiger partial charge in [-0.15, -0.1) is 0 Å². The third kappa shape index (κ3) is 2.60. The Labute approximate surface area is 102 Å². The van der Waals surface area contributed by atoms with Gasteiger partial charge in [-0.05, 0) is 30.7 Å². The zero-order valence-corrected chi connectivity index (χ0v) is 9.69. The van der Waals surface area contributed by atoms with Gasteiger partial charge in [-0.3, -0.25) is 0 Å². The second kappa shape index (κ2) is 4.51. The summed E-state index contributed by atoms with van der Waals surface area (Å²) in [5.74, 6) is -0.654. The van der Waals surface area contributed by atoms with E-state index in [0.29, 0.717) is 10.8 Å². The number of carboxylic acids is 1. The number of benzene rings is 1. The van der Waals surface area contributed by atoms with Crippen molar-refractivity contribution in [3.05, 3.63) is 46.7 Å². The van der Waals surface area contributed by atoms with E-state index in [1.54, 1.807) is 18.2 Å². The van der Waals surface area contributed by atoms with E-state index in [1.165, 1.54) is 12.1 Å². The number of aryl methyl sites for hydroxylation is 1. The SMILES string of the molecule is Cc1ccc(Cl)cc1Oc1ccc(C(=O)O)o1. The fourth-order valence-corrected chi connectivity index (χ4v) is 1.44. The number of aromatic carboxylic acids is 1. The molecule has 4 nitrogen and oxygen atoms in total. The van der Waals surface area contributed by atoms with Gasteiger partial charge in [0, 0.05) is 11.1 Å². The van der Waals surface area contributed by atoms with E-state index in [9.17, 15) is 4.79 Å². The Balaban J connectivity index is 2.25. The van der Waals surface area contributed by atoms with Crippen LogP contribution in [-0.2, 0) is 0 Å². The Hall–Kier alpha value is -1.94. The lowest BCUT2D eigenvalue weighted by Crippen LogP contribution is -1.92. The first-order valence-corrected chi connectivity index (χ1v) is 5.21. The van der Waals surface area contributed by atoms with E-state index in [1.807, 2.05) is 6.92 Å². The van der Waals surface area contributed by atoms with Crippen molar-refractivity contribution in [2.24, 2.45) is 0 Å². The van der Waals surface area contributed by atoms with Crippen LogP contribution in [0.1, 0.15) is 16.1 Å². The second-order valence-electron chi connectivity index (χ2n) is 3.44. The fourth-order valence-electron chi connectivity index (χ4n) is 1.28. The molecule has 0 aliphatic carbocycles. The summed E-state index contributed by atoms with van der Waals surface area (Å²) in [6, 6.07) is 7.97. The number of hydrogen-bond donors (Lipinski definition) is 1. The summed E-state index contributed by atoms with van der Waals surface area (Å²) in [7, 11) is 0. The molecule has 0 bridgehead atoms. The number of rotatable bonds is 3. The summed E-state index contributed by atoms with van der Waals surface area (Å²) in [6.45, 7) is 1.85. The van der Waals surface area contributed by atoms with Crippen molar-refractivity contribution in [3.63, 3.8) is 0 Å². The van der Waals surface area contributed by atoms with Gasteiger partial charge in [0.05, 0.1) is 0 Å². The van der Waals surface area contributed by atoms with Gasteiger partial charge in [0.2, 0.25) is 5.76 Å². The molecule has 0 aliphatic heterocycles. The van der Waals surface area contributed by atoms with E-state index in [2.05, 4.69) is 0 Å². The maximum Gasteiger partial charge on any atom is 0.371 e. The Morgan fingerprint density at radius 2 is 2.12 bits per heavy atom. The molecule has 88 valence electrons. The molecule has 1 heterocycles. The predicted molar refractivity (Wildman–Crippen MR) is 61.9 cm³/mol. The van der Waals surface area contributed by atoms with Gasteiger partial charge in [-0.25, -0.2) is 4.79 Å². The molecule has 0 radical (unpaired) electrons. The molecule has 5 heteroatoms. The van der Waals surface area contributed by atoms with Gasteiger partial charge < -0.3 is 14.3 Å². The normalized spacial score (nSPS) is 10.2. The minimum atomic E-state index is -1.14. The minimum Gasteiger partial charge on any atom is -0.475 e. The number of ether oxygens (including phenoxy) is 1. The number of carbonyl (C=O) groups is 1. The van der Waals surface area contributed by atoms with Crippen molar-refractivity contribution < 1.29 is 19.1 Å². The maximum absolute atomic E-state index is 10.6. The molecule has 0 aliphatic rings. The Morgan fingerprint density at radius 1 is 1.35 bits per heavy atom. The van der Waals surface area contributed by atoms with Gasteiger partial charge in [-0.1, -0.05) is 17.7 Å². The first-order chi connectivity index (χ1) is 8.06. The molecule has 2 aromatic rings. The molecular weight excluding hydrogens is 244 g/mol. The summed E-state index contributed by atoms with van der Waals surface area (Å²) in [5.41, 5.74) is 0.877. The van der Waals surface area contributed by atoms with Gasteiger partial charge in [0.1, 0.15) is 5.75 Å². The first-order valence-electron chi connectivity index (χ1n) is 4.83. The number of hydrogen-bond acceptors (Lipinski definition) is 3. The number of halogens is 1. The van der Waals surface area contributed by atoms with Crippen molar-refractivity contribution in [1.29, 1.82) is 0 Å². The molecule has 17 heavy (non-hydrogen) atoms. The molecule has 0 amide bonds. The first kappa shape index (κ1) is 11.5. The molecule has 0 saturated heterocycles. The molecule has 1 aromatic carbocycles. The van der Waals surface area contributed by atoms with Gasteiger partial charge in [-0.2, -0.15) is 0 Å². The average Bonchev–Trinajstić information content (AvgIpc) is 2.72. The van der Waals surface area contributed by atoms with E-state index < -0.39 is 5.97 Å². The van der Waals surface area contributed by atoms with Gasteiger partial charge in [0.15, 0.2) is 0 Å². The van der Waals surface area contributed by atoms with Crippen LogP contribution in [0.15, 0.2) is 34.7 Å². The highest BCUT2D eigenvalue weighted by Crippen LogP contribution is 2.29. The summed E-state index contributed by atoms with van der Waals surface area (Å²) in [6.07, 6.45) is 0. The lowest BCUT2D eigenvalue weighted by atomic mass is 10.2. The number of furan rings is 1. The third-order valence-electron chi connectivity index (χ3n) is 2.15. The molecular formula is C12H9ClO4. The zero-order valence-electron chi connectivity index (χ0n) is 8.94. The minimum absolute atomic E-state index is 0.118. The highest BCUT2D eigenvalue weighted by molar-refractivity contribution is 6.30. The summed E-state index contributed by atoms with van der Waals surface area (Å²) in [4.78, 5) is 10.6. The van der Waals surface area contributed by atoms with E-state index in [0.717, 1.165) is 5.56 Å². The van der Waals surface area contributed by atoms with Crippen molar-refractivity contribution in [1.82, 2.24) is 0 Å². The maximum atomic E-state index is 10.6. The topological polar surface area (TPSA) is 59.7 Å². The molecule has 1 aromatic heterocycles. The molecule has 2 rings (SSSR count). The Kier molecular flexibility index (Phi) is 3.06. The smallest absolute Gasteiger partial charge is 0.371 e. The van der Waals surface area contributed by atoms with Crippen LogP contribution in [0.4, 0.5) is 0 Å². The van der Waals surface area contributed by atoms with Crippen molar-refractivity contribution in [3.8, 4) is 11.7 Å². The van der Waals surface area contributed by atoms with Crippen LogP contribution < -0.4 is 4.74 Å². The standard InChI is InChI=1S/C12H9ClO4/c1-7-2-3-8(13)6-10(7)17-11-5-4-9(16-11)12(14)15/h2-6H,1H3,(H,14,15). The largest absolute Gasteiger partial charge is 0.475 e. The van der Waals surface area contributed by atoms with Crippen LogP contribution in [0, 0.1) is 6.92 Å². The summed E-state index contributed by atoms with van der Waals surface area (Å²) < 4.78 is 10.4. The third-order valence-corrected chi connectivity index (χ3v) is 2.39. The van der Waals surface area contributed by atoms with Crippen LogP contribution in [0.25, 0.3) is 0 Å². The van der Waals surface area contributed by atoms with E-state index in [4.69, 9.17) is 25.9 Å². The molecule has 0 unspecified atom stereocenters. The lowest BCUT2D eigenvalue weighted by molar-refractivity contribution is 0.0657. The van der Waals surface area contributed by atoms with Crippen molar-refractivity contribution in [2.75, 3.05) is 0 Å². The van der Waals surface area contributed by atoms with Gasteiger partial charge in [0.25, 0.3) is 5.95 Å². The monoisotopic (exact) mass is 252 g/mol. The lowest BCUT2D eigenvalue weighted by Gasteiger charge is -2.05. The van der Waals surface area contributed by atoms with Crippen molar-refractivity contribution >= 4 is 17.6 Å². The van der Waals surface area contributed by atoms with Crippen LogP contribution in [0.2, 0.25) is 5.02 Å². The highest BCUT2D eigenvalue weighted by atomic mass is 35.5. The molecule has 0 fully saturated rings. The van der Waals surface area contributed by atoms with Gasteiger partial charge >= 0.3 is 5.97 Å². The van der Waals surface area contributed by atoms with Crippen LogP contribution in [0.3, 0.4) is 0 Å². The molecule has 0 spiro atoms. The van der Waals surface area contributed by atoms with Crippen molar-refractivity contribution in [2.45, 2.75) is 6.92 Å². The van der Waals surface area contributed by atoms with Crippen LogP contribution in [-0.4, -0.2) is 11.1 Å². The highest BCUT2D eigenvalue weighted by Gasteiger charge is 2.11. The van der Waals surface area contributed by atoms with E-state index in [-0.39, 0.29) is 11.7 Å². The number of carboxylic acid groups (broad SMARTS) is 1. The predicted octanol–water partition coefficient (Wildman–Crippen LogP) is 3.73. The average molecular weight is 253 g/mol. The quantitative estimate of drug-likeness (QED) is 0.904. The van der Waals surface area contributed by atoms with Crippen LogP contribution >= 0.6 is 11.6 Å². The molecule has 0 atom stereocenters. The summed E-state index contributed by atoms with van der Waals surface area (Å²) in [5, 5.41) is 9.23. The second-order valence-corrected chi connectivity index (χ2v) is 3.87. The molecule has 0 saturated carbocycles. The fraction of sp³-hybridized carbons (Fsp3) is 0.0833. The van der Waals surface area contributed by atoms with Crippen LogP contribution in [0.5, 0.6) is 11.7 Å². The van der Waals surface area contributed by atoms with E-state index >= 15 is 0 Å². The Morgan fingerprint density at radius 3 is 2.76 bits per heavy atom. The summed E-state index contributed by atoms with van der Waals surface area (Å²) >= 11 is 5.83. The molecule has 1 N–H and O–H groups in total.